The van der Waals surface area contributed by atoms with Gasteiger partial charge in [-0.1, -0.05) is 6.07 Å². The number of fused-ring (bicyclic) bond motifs is 2. The van der Waals surface area contributed by atoms with Gasteiger partial charge in [0.1, 0.15) is 5.82 Å². The molecule has 0 bridgehead atoms. The van der Waals surface area contributed by atoms with E-state index in [2.05, 4.69) is 25.3 Å². The Labute approximate surface area is 166 Å². The number of imidazole rings is 2. The molecule has 3 N–H and O–H groups in total. The van der Waals surface area contributed by atoms with Crippen molar-refractivity contribution in [3.63, 3.8) is 0 Å². The van der Waals surface area contributed by atoms with E-state index in [-0.39, 0.29) is 5.91 Å². The summed E-state index contributed by atoms with van der Waals surface area (Å²) in [5.41, 5.74) is 3.31. The van der Waals surface area contributed by atoms with Gasteiger partial charge < -0.3 is 15.3 Å². The molecule has 0 atom stereocenters. The van der Waals surface area contributed by atoms with Crippen molar-refractivity contribution in [1.29, 1.82) is 0 Å². The number of hydrogen-bond donors (Lipinski definition) is 3. The summed E-state index contributed by atoms with van der Waals surface area (Å²) in [5, 5.41) is 4.80. The molecule has 0 aliphatic heterocycles. The predicted molar refractivity (Wildman–Crippen MR) is 108 cm³/mol. The zero-order valence-electron chi connectivity index (χ0n) is 14.7. The summed E-state index contributed by atoms with van der Waals surface area (Å²) in [6.45, 7) is 0. The van der Waals surface area contributed by atoms with Crippen LogP contribution in [0.5, 0.6) is 0 Å². The van der Waals surface area contributed by atoms with Crippen molar-refractivity contribution in [3.8, 4) is 10.7 Å². The van der Waals surface area contributed by atoms with E-state index in [1.165, 1.54) is 12.1 Å². The highest BCUT2D eigenvalue weighted by atomic mass is 32.1. The second-order valence-corrected chi connectivity index (χ2v) is 7.35. The minimum atomic E-state index is -2.69. The Kier molecular flexibility index (Phi) is 4.09. The summed E-state index contributed by atoms with van der Waals surface area (Å²) < 4.78 is 25.6. The summed E-state index contributed by atoms with van der Waals surface area (Å²) in [4.78, 5) is 27.8. The number of carbonyl (C=O) groups is 1. The fourth-order valence-electron chi connectivity index (χ4n) is 3.09. The lowest BCUT2D eigenvalue weighted by molar-refractivity contribution is 0.102. The van der Waals surface area contributed by atoms with Crippen LogP contribution in [0.1, 0.15) is 22.6 Å². The third-order valence-electron chi connectivity index (χ3n) is 4.46. The summed E-state index contributed by atoms with van der Waals surface area (Å²) in [6, 6.07) is 13.9. The van der Waals surface area contributed by atoms with E-state index < -0.39 is 12.2 Å². The van der Waals surface area contributed by atoms with Gasteiger partial charge in [-0.2, -0.15) is 0 Å². The molecule has 0 radical (unpaired) electrons. The Bertz CT molecular complexity index is 1340. The molecule has 6 nitrogen and oxygen atoms in total. The lowest BCUT2D eigenvalue weighted by Crippen LogP contribution is -2.11. The van der Waals surface area contributed by atoms with Gasteiger partial charge in [-0.15, -0.1) is 11.3 Å². The van der Waals surface area contributed by atoms with Crippen molar-refractivity contribution in [1.82, 2.24) is 19.9 Å². The van der Waals surface area contributed by atoms with Gasteiger partial charge in [-0.25, -0.2) is 18.7 Å². The Hall–Kier alpha value is -3.59. The number of alkyl halides is 2. The van der Waals surface area contributed by atoms with E-state index in [0.29, 0.717) is 22.3 Å². The van der Waals surface area contributed by atoms with Crippen LogP contribution >= 0.6 is 11.3 Å². The molecule has 3 aromatic heterocycles. The monoisotopic (exact) mass is 409 g/mol. The van der Waals surface area contributed by atoms with Gasteiger partial charge in [-0.3, -0.25) is 4.79 Å². The summed E-state index contributed by atoms with van der Waals surface area (Å²) >= 11 is 1.59. The lowest BCUT2D eigenvalue weighted by atomic mass is 10.2. The number of benzene rings is 2. The number of thiophene rings is 1. The largest absolute Gasteiger partial charge is 0.337 e. The smallest absolute Gasteiger partial charge is 0.295 e. The van der Waals surface area contributed by atoms with E-state index in [1.807, 2.05) is 23.6 Å². The van der Waals surface area contributed by atoms with Crippen molar-refractivity contribution in [3.05, 3.63) is 65.3 Å². The highest BCUT2D eigenvalue weighted by Crippen LogP contribution is 2.26. The van der Waals surface area contributed by atoms with E-state index in [1.54, 1.807) is 29.5 Å². The Balaban J connectivity index is 1.41. The molecule has 5 aromatic rings. The maximum Gasteiger partial charge on any atom is 0.295 e. The van der Waals surface area contributed by atoms with Crippen molar-refractivity contribution < 1.29 is 13.6 Å². The van der Waals surface area contributed by atoms with Crippen molar-refractivity contribution in [2.24, 2.45) is 0 Å². The van der Waals surface area contributed by atoms with Gasteiger partial charge in [0.05, 0.1) is 26.9 Å². The van der Waals surface area contributed by atoms with E-state index >= 15 is 0 Å². The van der Waals surface area contributed by atoms with Crippen LogP contribution < -0.4 is 5.32 Å². The molecule has 9 heteroatoms. The van der Waals surface area contributed by atoms with Gasteiger partial charge >= 0.3 is 0 Å². The normalized spacial score (nSPS) is 11.6. The standard InChI is InChI=1S/C20H13F2N5OS/c21-17(22)19-25-12-5-3-10(8-14(12)27-19)20(28)23-11-4-6-13-15(9-11)26-18(24-13)16-2-1-7-29-16/h1-9,17H,(H,23,28)(H,24,26)(H,25,27). The molecule has 0 aliphatic carbocycles. The van der Waals surface area contributed by atoms with Crippen LogP contribution in [0.25, 0.3) is 32.8 Å². The zero-order valence-corrected chi connectivity index (χ0v) is 15.6. The van der Waals surface area contributed by atoms with Crippen LogP contribution in [0.4, 0.5) is 14.5 Å². The van der Waals surface area contributed by atoms with Crippen LogP contribution in [-0.4, -0.2) is 25.8 Å². The number of H-pyrrole nitrogens is 2. The van der Waals surface area contributed by atoms with Gasteiger partial charge in [0.2, 0.25) is 0 Å². The molecule has 0 spiro atoms. The highest BCUT2D eigenvalue weighted by Gasteiger charge is 2.15. The average Bonchev–Trinajstić information content (AvgIpc) is 3.44. The molecular formula is C20H13F2N5OS. The first-order chi connectivity index (χ1) is 14.1. The quantitative estimate of drug-likeness (QED) is 0.374. The molecule has 0 saturated carbocycles. The fourth-order valence-corrected chi connectivity index (χ4v) is 3.76. The Morgan fingerprint density at radius 2 is 1.79 bits per heavy atom. The van der Waals surface area contributed by atoms with E-state index in [0.717, 1.165) is 21.7 Å². The van der Waals surface area contributed by atoms with Crippen LogP contribution in [0.15, 0.2) is 53.9 Å². The third-order valence-corrected chi connectivity index (χ3v) is 5.34. The molecule has 0 unspecified atom stereocenters. The second-order valence-electron chi connectivity index (χ2n) is 6.40. The molecule has 0 fully saturated rings. The second kappa shape index (κ2) is 6.78. The van der Waals surface area contributed by atoms with Crippen LogP contribution in [0.3, 0.4) is 0 Å². The summed E-state index contributed by atoms with van der Waals surface area (Å²) in [5.74, 6) is 0.0132. The van der Waals surface area contributed by atoms with Crippen molar-refractivity contribution in [2.75, 3.05) is 5.32 Å². The number of aromatic amines is 2. The minimum Gasteiger partial charge on any atom is -0.337 e. The fraction of sp³-hybridized carbons (Fsp3) is 0.0500. The van der Waals surface area contributed by atoms with E-state index in [4.69, 9.17) is 0 Å². The van der Waals surface area contributed by atoms with Crippen LogP contribution in [-0.2, 0) is 0 Å². The topological polar surface area (TPSA) is 86.5 Å². The number of halogens is 2. The van der Waals surface area contributed by atoms with Gasteiger partial charge in [0.25, 0.3) is 12.3 Å². The minimum absolute atomic E-state index is 0.339. The molecule has 5 rings (SSSR count). The molecule has 144 valence electrons. The lowest BCUT2D eigenvalue weighted by Gasteiger charge is -2.05. The summed E-state index contributed by atoms with van der Waals surface area (Å²) in [6.07, 6.45) is -2.69. The SMILES string of the molecule is O=C(Nc1ccc2nc(-c3cccs3)[nH]c2c1)c1ccc2nc(C(F)F)[nH]c2c1. The van der Waals surface area contributed by atoms with Crippen LogP contribution in [0.2, 0.25) is 0 Å². The number of nitrogens with zero attached hydrogens (tertiary/aromatic N) is 2. The molecule has 0 aliphatic rings. The maximum absolute atomic E-state index is 12.8. The third kappa shape index (κ3) is 3.25. The number of hydrogen-bond acceptors (Lipinski definition) is 4. The number of amides is 1. The van der Waals surface area contributed by atoms with Crippen LogP contribution in [0, 0.1) is 0 Å². The van der Waals surface area contributed by atoms with Gasteiger partial charge in [-0.05, 0) is 47.8 Å². The predicted octanol–water partition coefficient (Wildman–Crippen LogP) is 5.36. The highest BCUT2D eigenvalue weighted by molar-refractivity contribution is 7.13. The molecule has 2 aromatic carbocycles. The van der Waals surface area contributed by atoms with Crippen molar-refractivity contribution >= 4 is 45.0 Å². The molecule has 0 saturated heterocycles. The molecule has 1 amide bonds. The van der Waals surface area contributed by atoms with Gasteiger partial charge in [0.15, 0.2) is 5.82 Å². The zero-order chi connectivity index (χ0) is 20.0. The number of anilines is 1. The number of carbonyl (C=O) groups excluding carboxylic acids is 1. The first-order valence-electron chi connectivity index (χ1n) is 8.69. The number of nitrogens with one attached hydrogen (secondary N) is 3. The van der Waals surface area contributed by atoms with Gasteiger partial charge in [0, 0.05) is 11.3 Å². The molecular weight excluding hydrogens is 396 g/mol. The first-order valence-corrected chi connectivity index (χ1v) is 9.57. The number of aromatic nitrogens is 4. The van der Waals surface area contributed by atoms with E-state index in [9.17, 15) is 13.6 Å². The maximum atomic E-state index is 12.8. The average molecular weight is 409 g/mol. The molecule has 3 heterocycles. The Morgan fingerprint density at radius 3 is 2.59 bits per heavy atom. The van der Waals surface area contributed by atoms with Crippen molar-refractivity contribution in [2.45, 2.75) is 6.43 Å². The Morgan fingerprint density at radius 1 is 1.00 bits per heavy atom. The number of rotatable bonds is 4. The molecule has 29 heavy (non-hydrogen) atoms. The first kappa shape index (κ1) is 17.5. The summed E-state index contributed by atoms with van der Waals surface area (Å²) in [7, 11) is 0.